The number of hydrogen-bond acceptors (Lipinski definition) is 4. The minimum atomic E-state index is -0.237. The molecule has 1 saturated carbocycles. The van der Waals surface area contributed by atoms with Gasteiger partial charge in [-0.2, -0.15) is 0 Å². The Morgan fingerprint density at radius 1 is 1.12 bits per heavy atom. The number of hydrogen-bond donors (Lipinski definition) is 2. The predicted molar refractivity (Wildman–Crippen MR) is 95.7 cm³/mol. The topological polar surface area (TPSA) is 76.6 Å². The Morgan fingerprint density at radius 2 is 1.88 bits per heavy atom. The number of rotatable bonds is 2. The highest BCUT2D eigenvalue weighted by Gasteiger charge is 2.33. The number of carbonyl (C=O) groups is 1. The lowest BCUT2D eigenvalue weighted by atomic mass is 10.1. The van der Waals surface area contributed by atoms with Gasteiger partial charge < -0.3 is 15.0 Å². The quantitative estimate of drug-likeness (QED) is 0.861. The summed E-state index contributed by atoms with van der Waals surface area (Å²) in [4.78, 5) is 31.8. The maximum atomic E-state index is 12.8. The number of amides is 1. The number of nitrogens with zero attached hydrogens (tertiary/aromatic N) is 2. The molecular weight excluding hydrogens is 318 g/mol. The molecule has 0 radical (unpaired) electrons. The molecule has 1 aliphatic carbocycles. The van der Waals surface area contributed by atoms with Crippen LogP contribution in [0.4, 0.5) is 0 Å². The van der Waals surface area contributed by atoms with Crippen molar-refractivity contribution in [1.82, 2.24) is 14.8 Å². The molecule has 2 fully saturated rings. The van der Waals surface area contributed by atoms with Crippen LogP contribution in [0.2, 0.25) is 0 Å². The molecule has 1 aromatic carbocycles. The van der Waals surface area contributed by atoms with Gasteiger partial charge in [-0.05, 0) is 36.8 Å². The van der Waals surface area contributed by atoms with Gasteiger partial charge in [-0.1, -0.05) is 18.2 Å². The third-order valence-electron chi connectivity index (χ3n) is 5.50. The zero-order chi connectivity index (χ0) is 17.4. The standard InChI is InChI=1S/C19H23N3O3/c23-17-7-3-6-16(17)21-8-10-22(11-9-21)19(25)15-12-13-4-1-2-5-14(13)18(24)20-15/h1-2,4-5,12,16-17,23H,3,6-11H2,(H,20,24). The number of aromatic amines is 1. The summed E-state index contributed by atoms with van der Waals surface area (Å²) < 4.78 is 0. The van der Waals surface area contributed by atoms with E-state index in [9.17, 15) is 14.7 Å². The summed E-state index contributed by atoms with van der Waals surface area (Å²) in [5.74, 6) is -0.130. The van der Waals surface area contributed by atoms with Crippen molar-refractivity contribution < 1.29 is 9.90 Å². The van der Waals surface area contributed by atoms with Gasteiger partial charge in [0, 0.05) is 37.6 Å². The van der Waals surface area contributed by atoms with Gasteiger partial charge in [0.2, 0.25) is 0 Å². The van der Waals surface area contributed by atoms with Crippen LogP contribution in [0.25, 0.3) is 10.8 Å². The average molecular weight is 341 g/mol. The largest absolute Gasteiger partial charge is 0.391 e. The zero-order valence-corrected chi connectivity index (χ0v) is 14.1. The molecular formula is C19H23N3O3. The van der Waals surface area contributed by atoms with Crippen LogP contribution in [-0.4, -0.2) is 64.1 Å². The molecule has 6 heteroatoms. The SMILES string of the molecule is O=C(c1cc2ccccc2c(=O)[nH]1)N1CCN(C2CCCC2O)CC1. The van der Waals surface area contributed by atoms with E-state index in [4.69, 9.17) is 0 Å². The molecule has 2 aliphatic rings. The molecule has 132 valence electrons. The molecule has 0 bridgehead atoms. The van der Waals surface area contributed by atoms with Crippen LogP contribution < -0.4 is 5.56 Å². The number of aliphatic hydroxyl groups is 1. The van der Waals surface area contributed by atoms with Gasteiger partial charge >= 0.3 is 0 Å². The number of pyridine rings is 1. The summed E-state index contributed by atoms with van der Waals surface area (Å²) in [6.07, 6.45) is 2.75. The average Bonchev–Trinajstić information content (AvgIpc) is 3.07. The number of H-pyrrole nitrogens is 1. The number of aliphatic hydroxyl groups excluding tert-OH is 1. The minimum Gasteiger partial charge on any atom is -0.391 e. The molecule has 1 aromatic heterocycles. The van der Waals surface area contributed by atoms with E-state index < -0.39 is 0 Å². The van der Waals surface area contributed by atoms with Crippen LogP contribution in [0.3, 0.4) is 0 Å². The van der Waals surface area contributed by atoms with Crippen molar-refractivity contribution in [2.24, 2.45) is 0 Å². The predicted octanol–water partition coefficient (Wildman–Crippen LogP) is 1.20. The summed E-state index contributed by atoms with van der Waals surface area (Å²) >= 11 is 0. The lowest BCUT2D eigenvalue weighted by Crippen LogP contribution is -2.53. The van der Waals surface area contributed by atoms with E-state index in [1.807, 2.05) is 18.2 Å². The Morgan fingerprint density at radius 3 is 2.60 bits per heavy atom. The number of benzene rings is 1. The van der Waals surface area contributed by atoms with Crippen molar-refractivity contribution in [2.45, 2.75) is 31.4 Å². The summed E-state index contributed by atoms with van der Waals surface area (Å²) in [6, 6.07) is 9.27. The number of aromatic nitrogens is 1. The first-order valence-electron chi connectivity index (χ1n) is 8.97. The lowest BCUT2D eigenvalue weighted by molar-refractivity contribution is 0.0313. The smallest absolute Gasteiger partial charge is 0.270 e. The van der Waals surface area contributed by atoms with Gasteiger partial charge in [0.15, 0.2) is 0 Å². The summed E-state index contributed by atoms with van der Waals surface area (Å²) in [5, 5.41) is 11.4. The van der Waals surface area contributed by atoms with Gasteiger partial charge in [-0.15, -0.1) is 0 Å². The van der Waals surface area contributed by atoms with Crippen molar-refractivity contribution >= 4 is 16.7 Å². The second kappa shape index (κ2) is 6.61. The number of carbonyl (C=O) groups excluding carboxylic acids is 1. The van der Waals surface area contributed by atoms with Crippen molar-refractivity contribution in [3.8, 4) is 0 Å². The molecule has 2 atom stereocenters. The molecule has 25 heavy (non-hydrogen) atoms. The fourth-order valence-corrected chi connectivity index (χ4v) is 4.10. The first kappa shape index (κ1) is 16.3. The van der Waals surface area contributed by atoms with Crippen LogP contribution in [-0.2, 0) is 0 Å². The van der Waals surface area contributed by atoms with Gasteiger partial charge in [-0.3, -0.25) is 14.5 Å². The van der Waals surface area contributed by atoms with E-state index in [-0.39, 0.29) is 23.6 Å². The van der Waals surface area contributed by atoms with Crippen LogP contribution in [0.1, 0.15) is 29.8 Å². The lowest BCUT2D eigenvalue weighted by Gasteiger charge is -2.39. The Kier molecular flexibility index (Phi) is 4.31. The van der Waals surface area contributed by atoms with Crippen molar-refractivity contribution in [1.29, 1.82) is 0 Å². The van der Waals surface area contributed by atoms with Crippen molar-refractivity contribution in [3.05, 3.63) is 46.4 Å². The molecule has 2 heterocycles. The van der Waals surface area contributed by atoms with E-state index in [1.165, 1.54) is 0 Å². The first-order chi connectivity index (χ1) is 12.1. The molecule has 0 spiro atoms. The van der Waals surface area contributed by atoms with E-state index in [2.05, 4.69) is 9.88 Å². The second-order valence-electron chi connectivity index (χ2n) is 6.99. The van der Waals surface area contributed by atoms with E-state index in [0.717, 1.165) is 37.7 Å². The molecule has 4 rings (SSSR count). The van der Waals surface area contributed by atoms with Crippen LogP contribution in [0.15, 0.2) is 35.1 Å². The van der Waals surface area contributed by atoms with E-state index in [1.54, 1.807) is 17.0 Å². The van der Waals surface area contributed by atoms with Gasteiger partial charge in [0.25, 0.3) is 11.5 Å². The van der Waals surface area contributed by atoms with E-state index in [0.29, 0.717) is 24.2 Å². The molecule has 1 saturated heterocycles. The highest BCUT2D eigenvalue weighted by molar-refractivity contribution is 5.96. The van der Waals surface area contributed by atoms with Crippen molar-refractivity contribution in [2.75, 3.05) is 26.2 Å². The van der Waals surface area contributed by atoms with Crippen LogP contribution in [0.5, 0.6) is 0 Å². The van der Waals surface area contributed by atoms with Gasteiger partial charge in [-0.25, -0.2) is 0 Å². The first-order valence-corrected chi connectivity index (χ1v) is 8.97. The second-order valence-corrected chi connectivity index (χ2v) is 6.99. The Bertz CT molecular complexity index is 839. The molecule has 2 N–H and O–H groups in total. The van der Waals surface area contributed by atoms with Crippen LogP contribution in [0, 0.1) is 0 Å². The molecule has 1 amide bonds. The fraction of sp³-hybridized carbons (Fsp3) is 0.474. The Labute approximate surface area is 146 Å². The van der Waals surface area contributed by atoms with Gasteiger partial charge in [0.1, 0.15) is 5.69 Å². The van der Waals surface area contributed by atoms with E-state index >= 15 is 0 Å². The minimum absolute atomic E-state index is 0.130. The number of nitrogens with one attached hydrogen (secondary N) is 1. The highest BCUT2D eigenvalue weighted by Crippen LogP contribution is 2.25. The third-order valence-corrected chi connectivity index (χ3v) is 5.50. The number of piperazine rings is 1. The summed E-state index contributed by atoms with van der Waals surface area (Å²) in [6.45, 7) is 2.78. The Hall–Kier alpha value is -2.18. The highest BCUT2D eigenvalue weighted by atomic mass is 16.3. The zero-order valence-electron chi connectivity index (χ0n) is 14.1. The van der Waals surface area contributed by atoms with Crippen LogP contribution >= 0.6 is 0 Å². The normalized spacial score (nSPS) is 24.8. The molecule has 6 nitrogen and oxygen atoms in total. The monoisotopic (exact) mass is 341 g/mol. The van der Waals surface area contributed by atoms with Gasteiger partial charge in [0.05, 0.1) is 6.10 Å². The Balaban J connectivity index is 1.48. The summed E-state index contributed by atoms with van der Waals surface area (Å²) in [7, 11) is 0. The third kappa shape index (κ3) is 3.07. The molecule has 1 aliphatic heterocycles. The molecule has 2 aromatic rings. The maximum Gasteiger partial charge on any atom is 0.270 e. The number of fused-ring (bicyclic) bond motifs is 1. The van der Waals surface area contributed by atoms with Crippen molar-refractivity contribution in [3.63, 3.8) is 0 Å². The molecule has 2 unspecified atom stereocenters. The maximum absolute atomic E-state index is 12.8. The fourth-order valence-electron chi connectivity index (χ4n) is 4.10. The summed E-state index contributed by atoms with van der Waals surface area (Å²) in [5.41, 5.74) is 0.118.